The van der Waals surface area contributed by atoms with Gasteiger partial charge in [0, 0.05) is 45.7 Å². The van der Waals surface area contributed by atoms with E-state index < -0.39 is 21.8 Å². The van der Waals surface area contributed by atoms with Crippen molar-refractivity contribution in [1.29, 1.82) is 0 Å². The number of pyridine rings is 1. The molecule has 1 aliphatic rings. The van der Waals surface area contributed by atoms with Crippen molar-refractivity contribution in [2.24, 2.45) is 5.73 Å². The van der Waals surface area contributed by atoms with Gasteiger partial charge >= 0.3 is 0 Å². The van der Waals surface area contributed by atoms with Gasteiger partial charge in [0.15, 0.2) is 0 Å². The molecule has 1 saturated heterocycles. The number of anilines is 1. The molecule has 0 atom stereocenters. The lowest BCUT2D eigenvalue weighted by molar-refractivity contribution is 0.0991. The molecule has 4 rings (SSSR count). The average molecular weight is 616 g/mol. The number of sulfonamides is 1. The summed E-state index contributed by atoms with van der Waals surface area (Å²) in [6.07, 6.45) is 5.39. The van der Waals surface area contributed by atoms with Crippen LogP contribution >= 0.6 is 0 Å². The van der Waals surface area contributed by atoms with Gasteiger partial charge in [-0.25, -0.2) is 28.1 Å². The first kappa shape index (κ1) is 31.9. The average Bonchev–Trinajstić information content (AvgIpc) is 3.33. The number of ether oxygens (including phenoxy) is 2. The van der Waals surface area contributed by atoms with Crippen LogP contribution in [0.4, 0.5) is 5.69 Å². The number of carbonyl (C=O) groups excluding carboxylic acids is 2. The van der Waals surface area contributed by atoms with E-state index in [1.165, 1.54) is 28.4 Å². The van der Waals surface area contributed by atoms with E-state index in [4.69, 9.17) is 15.2 Å². The number of aryl methyl sites for hydroxylation is 1. The van der Waals surface area contributed by atoms with Crippen LogP contribution in [-0.2, 0) is 27.7 Å². The van der Waals surface area contributed by atoms with Gasteiger partial charge < -0.3 is 25.4 Å². The van der Waals surface area contributed by atoms with Gasteiger partial charge in [-0.05, 0) is 25.1 Å². The Morgan fingerprint density at radius 1 is 1.07 bits per heavy atom. The number of nitrogens with two attached hydrogens (primary N) is 1. The summed E-state index contributed by atoms with van der Waals surface area (Å²) in [5.74, 6) is -1.27. The van der Waals surface area contributed by atoms with Crippen molar-refractivity contribution in [3.8, 4) is 5.88 Å². The molecule has 3 aromatic rings. The van der Waals surface area contributed by atoms with Gasteiger partial charge in [-0.2, -0.15) is 9.40 Å². The number of amides is 2. The maximum absolute atomic E-state index is 13.8. The molecule has 0 spiro atoms. The van der Waals surface area contributed by atoms with Crippen LogP contribution in [0.5, 0.6) is 5.88 Å². The SMILES string of the molecule is CCCc1nn(Cc2ncccn2)c(C(N)=O)c1NC(=O)c1cc(S(=O)(=O)N2CCN(CC)CC2)cnc1OCCOC. The monoisotopic (exact) mass is 615 g/mol. The lowest BCUT2D eigenvalue weighted by Crippen LogP contribution is -2.48. The van der Waals surface area contributed by atoms with E-state index in [9.17, 15) is 18.0 Å². The molecule has 15 nitrogen and oxygen atoms in total. The van der Waals surface area contributed by atoms with Crippen LogP contribution in [-0.4, -0.2) is 107 Å². The van der Waals surface area contributed by atoms with Gasteiger partial charge in [0.1, 0.15) is 35.1 Å². The van der Waals surface area contributed by atoms with Crippen molar-refractivity contribution in [3.63, 3.8) is 0 Å². The summed E-state index contributed by atoms with van der Waals surface area (Å²) in [4.78, 5) is 41.0. The molecule has 3 N–H and O–H groups in total. The van der Waals surface area contributed by atoms with E-state index in [1.54, 1.807) is 18.5 Å². The van der Waals surface area contributed by atoms with E-state index >= 15 is 0 Å². The van der Waals surface area contributed by atoms with Crippen LogP contribution in [0.25, 0.3) is 0 Å². The number of primary amides is 1. The molecular formula is C27H37N9O6S. The molecule has 43 heavy (non-hydrogen) atoms. The molecule has 232 valence electrons. The number of hydrogen-bond acceptors (Lipinski definition) is 11. The first-order valence-corrected chi connectivity index (χ1v) is 15.4. The Labute approximate surface area is 250 Å². The van der Waals surface area contributed by atoms with E-state index in [0.717, 1.165) is 6.54 Å². The van der Waals surface area contributed by atoms with Crippen LogP contribution in [0.2, 0.25) is 0 Å². The number of piperazine rings is 1. The van der Waals surface area contributed by atoms with E-state index in [0.29, 0.717) is 50.5 Å². The molecule has 0 aromatic carbocycles. The molecule has 1 fully saturated rings. The minimum atomic E-state index is -3.95. The number of aromatic nitrogens is 5. The number of likely N-dealkylation sites (N-methyl/N-ethyl adjacent to an activating group) is 1. The fourth-order valence-corrected chi connectivity index (χ4v) is 6.05. The zero-order valence-corrected chi connectivity index (χ0v) is 25.3. The van der Waals surface area contributed by atoms with Gasteiger partial charge in [0.2, 0.25) is 15.9 Å². The van der Waals surface area contributed by atoms with Crippen LogP contribution in [0.1, 0.15) is 52.6 Å². The molecule has 1 aliphatic heterocycles. The Kier molecular flexibility index (Phi) is 10.7. The highest BCUT2D eigenvalue weighted by molar-refractivity contribution is 7.89. The number of hydrogen-bond donors (Lipinski definition) is 2. The minimum absolute atomic E-state index is 0.0393. The Bertz CT molecular complexity index is 1520. The predicted octanol–water partition coefficient (Wildman–Crippen LogP) is 0.772. The summed E-state index contributed by atoms with van der Waals surface area (Å²) >= 11 is 0. The molecular weight excluding hydrogens is 578 g/mol. The molecule has 3 aromatic heterocycles. The molecule has 16 heteroatoms. The zero-order valence-electron chi connectivity index (χ0n) is 24.5. The van der Waals surface area contributed by atoms with Crippen molar-refractivity contribution < 1.29 is 27.5 Å². The van der Waals surface area contributed by atoms with Crippen LogP contribution < -0.4 is 15.8 Å². The Morgan fingerprint density at radius 3 is 2.42 bits per heavy atom. The molecule has 0 unspecified atom stereocenters. The molecule has 0 aliphatic carbocycles. The zero-order chi connectivity index (χ0) is 31.0. The van der Waals surface area contributed by atoms with Crippen LogP contribution in [0, 0.1) is 0 Å². The Hall–Kier alpha value is -3.99. The van der Waals surface area contributed by atoms with Gasteiger partial charge in [0.25, 0.3) is 11.8 Å². The third-order valence-corrected chi connectivity index (χ3v) is 8.77. The standard InChI is InChI=1S/C27H37N9O6S/c1-4-7-21-23(24(25(28)37)36(33-21)18-22-29-8-6-9-30-22)32-26(38)20-16-19(17-31-27(20)42-15-14-41-3)43(39,40)35-12-10-34(5-2)11-13-35/h6,8-9,16-17H,4-5,7,10-15,18H2,1-3H3,(H2,28,37)(H,32,38). The maximum Gasteiger partial charge on any atom is 0.269 e. The van der Waals surface area contributed by atoms with Crippen molar-refractivity contribution in [1.82, 2.24) is 33.9 Å². The largest absolute Gasteiger partial charge is 0.475 e. The number of rotatable bonds is 14. The second kappa shape index (κ2) is 14.5. The summed E-state index contributed by atoms with van der Waals surface area (Å²) in [7, 11) is -2.46. The van der Waals surface area contributed by atoms with E-state index in [1.807, 2.05) is 13.8 Å². The van der Waals surface area contributed by atoms with Crippen molar-refractivity contribution >= 4 is 27.5 Å². The smallest absolute Gasteiger partial charge is 0.269 e. The van der Waals surface area contributed by atoms with Gasteiger partial charge in [-0.15, -0.1) is 0 Å². The third-order valence-electron chi connectivity index (χ3n) is 6.91. The summed E-state index contributed by atoms with van der Waals surface area (Å²) in [5, 5.41) is 7.27. The molecule has 4 heterocycles. The number of nitrogens with one attached hydrogen (secondary N) is 1. The quantitative estimate of drug-likeness (QED) is 0.244. The van der Waals surface area contributed by atoms with Crippen molar-refractivity contribution in [2.75, 3.05) is 58.4 Å². The van der Waals surface area contributed by atoms with Crippen molar-refractivity contribution in [2.45, 2.75) is 38.1 Å². The van der Waals surface area contributed by atoms with Crippen LogP contribution in [0.15, 0.2) is 35.6 Å². The van der Waals surface area contributed by atoms with E-state index in [-0.39, 0.29) is 47.5 Å². The van der Waals surface area contributed by atoms with Gasteiger partial charge in [0.05, 0.1) is 24.2 Å². The lowest BCUT2D eigenvalue weighted by atomic mass is 10.1. The number of carbonyl (C=O) groups is 2. The fourth-order valence-electron chi connectivity index (χ4n) is 4.65. The molecule has 0 saturated carbocycles. The first-order chi connectivity index (χ1) is 20.7. The highest BCUT2D eigenvalue weighted by atomic mass is 32.2. The lowest BCUT2D eigenvalue weighted by Gasteiger charge is -2.33. The second-order valence-corrected chi connectivity index (χ2v) is 11.7. The summed E-state index contributed by atoms with van der Waals surface area (Å²) in [5.41, 5.74) is 6.11. The summed E-state index contributed by atoms with van der Waals surface area (Å²) in [6.45, 7) is 6.93. The van der Waals surface area contributed by atoms with Gasteiger partial charge in [-0.1, -0.05) is 20.3 Å². The third kappa shape index (κ3) is 7.51. The fraction of sp³-hybridized carbons (Fsp3) is 0.481. The Balaban J connectivity index is 1.71. The number of methoxy groups -OCH3 is 1. The van der Waals surface area contributed by atoms with Crippen LogP contribution in [0.3, 0.4) is 0 Å². The van der Waals surface area contributed by atoms with E-state index in [2.05, 4.69) is 30.3 Å². The highest BCUT2D eigenvalue weighted by Gasteiger charge is 2.31. The first-order valence-electron chi connectivity index (χ1n) is 14.0. The Morgan fingerprint density at radius 2 is 1.79 bits per heavy atom. The topological polar surface area (TPSA) is 188 Å². The maximum atomic E-state index is 13.8. The normalized spacial score (nSPS) is 14.5. The molecule has 0 bridgehead atoms. The van der Waals surface area contributed by atoms with Crippen molar-refractivity contribution in [3.05, 3.63) is 53.5 Å². The number of nitrogens with zero attached hydrogens (tertiary/aromatic N) is 7. The van der Waals surface area contributed by atoms with Gasteiger partial charge in [-0.3, -0.25) is 9.59 Å². The summed E-state index contributed by atoms with van der Waals surface area (Å²) in [6, 6.07) is 2.90. The summed E-state index contributed by atoms with van der Waals surface area (Å²) < 4.78 is 40.5. The molecule has 0 radical (unpaired) electrons. The molecule has 2 amide bonds. The minimum Gasteiger partial charge on any atom is -0.475 e. The highest BCUT2D eigenvalue weighted by Crippen LogP contribution is 2.27. The predicted molar refractivity (Wildman–Crippen MR) is 156 cm³/mol. The second-order valence-electron chi connectivity index (χ2n) is 9.76.